The summed E-state index contributed by atoms with van der Waals surface area (Å²) in [6, 6.07) is 0. The fraction of sp³-hybridized carbons (Fsp3) is 0.364. The summed E-state index contributed by atoms with van der Waals surface area (Å²) >= 11 is 0. The topological polar surface area (TPSA) is 75.6 Å². The SMILES string of the molecule is Cc1nn(C)c(C)c1CC(=O)Nc1cn[nH]c1. The van der Waals surface area contributed by atoms with E-state index < -0.39 is 0 Å². The van der Waals surface area contributed by atoms with Crippen LogP contribution in [0.1, 0.15) is 17.0 Å². The number of hydrogen-bond acceptors (Lipinski definition) is 3. The number of aromatic nitrogens is 4. The zero-order valence-corrected chi connectivity index (χ0v) is 10.1. The van der Waals surface area contributed by atoms with Crippen molar-refractivity contribution in [3.8, 4) is 0 Å². The number of nitrogens with one attached hydrogen (secondary N) is 2. The van der Waals surface area contributed by atoms with E-state index in [0.717, 1.165) is 17.0 Å². The van der Waals surface area contributed by atoms with Gasteiger partial charge in [-0.1, -0.05) is 0 Å². The lowest BCUT2D eigenvalue weighted by Gasteiger charge is -2.03. The Bertz CT molecular complexity index is 526. The fourth-order valence-corrected chi connectivity index (χ4v) is 1.76. The first-order chi connectivity index (χ1) is 8.08. The summed E-state index contributed by atoms with van der Waals surface area (Å²) in [5.74, 6) is -0.0643. The number of carbonyl (C=O) groups is 1. The summed E-state index contributed by atoms with van der Waals surface area (Å²) in [6.45, 7) is 3.87. The Balaban J connectivity index is 2.08. The molecule has 0 bridgehead atoms. The molecule has 2 aromatic rings. The average Bonchev–Trinajstić information content (AvgIpc) is 2.83. The Morgan fingerprint density at radius 2 is 2.29 bits per heavy atom. The van der Waals surface area contributed by atoms with Crippen LogP contribution in [0.4, 0.5) is 5.69 Å². The highest BCUT2D eigenvalue weighted by molar-refractivity contribution is 5.92. The predicted octanol–water partition coefficient (Wildman–Crippen LogP) is 0.941. The Morgan fingerprint density at radius 3 is 2.82 bits per heavy atom. The van der Waals surface area contributed by atoms with Gasteiger partial charge in [-0.15, -0.1) is 0 Å². The zero-order chi connectivity index (χ0) is 12.4. The molecule has 2 aromatic heterocycles. The maximum Gasteiger partial charge on any atom is 0.229 e. The van der Waals surface area contributed by atoms with Gasteiger partial charge in [0.25, 0.3) is 0 Å². The van der Waals surface area contributed by atoms with E-state index in [1.165, 1.54) is 0 Å². The van der Waals surface area contributed by atoms with Crippen molar-refractivity contribution in [2.75, 3.05) is 5.32 Å². The largest absolute Gasteiger partial charge is 0.323 e. The molecule has 17 heavy (non-hydrogen) atoms. The average molecular weight is 233 g/mol. The van der Waals surface area contributed by atoms with Crippen molar-refractivity contribution in [1.82, 2.24) is 20.0 Å². The molecule has 2 heterocycles. The lowest BCUT2D eigenvalue weighted by atomic mass is 10.1. The van der Waals surface area contributed by atoms with Gasteiger partial charge in [0, 0.05) is 24.5 Å². The Morgan fingerprint density at radius 1 is 1.53 bits per heavy atom. The molecule has 0 atom stereocenters. The molecule has 0 unspecified atom stereocenters. The Labute approximate surface area is 99.0 Å². The van der Waals surface area contributed by atoms with Gasteiger partial charge in [0.05, 0.1) is 24.0 Å². The van der Waals surface area contributed by atoms with Gasteiger partial charge in [-0.2, -0.15) is 10.2 Å². The zero-order valence-electron chi connectivity index (χ0n) is 10.1. The molecule has 0 radical (unpaired) electrons. The van der Waals surface area contributed by atoms with Crippen molar-refractivity contribution in [2.45, 2.75) is 20.3 Å². The van der Waals surface area contributed by atoms with Gasteiger partial charge in [-0.25, -0.2) is 0 Å². The van der Waals surface area contributed by atoms with Crippen LogP contribution in [-0.4, -0.2) is 25.9 Å². The summed E-state index contributed by atoms with van der Waals surface area (Å²) in [6.07, 6.45) is 3.54. The van der Waals surface area contributed by atoms with Crippen LogP contribution < -0.4 is 5.32 Å². The van der Waals surface area contributed by atoms with Gasteiger partial charge in [0.15, 0.2) is 0 Å². The smallest absolute Gasteiger partial charge is 0.229 e. The molecule has 0 saturated heterocycles. The number of amides is 1. The normalized spacial score (nSPS) is 10.5. The highest BCUT2D eigenvalue weighted by atomic mass is 16.1. The summed E-state index contributed by atoms with van der Waals surface area (Å²) in [7, 11) is 1.87. The van der Waals surface area contributed by atoms with E-state index in [-0.39, 0.29) is 5.91 Å². The van der Waals surface area contributed by atoms with Gasteiger partial charge in [-0.3, -0.25) is 14.6 Å². The van der Waals surface area contributed by atoms with Crippen molar-refractivity contribution in [3.05, 3.63) is 29.3 Å². The third kappa shape index (κ3) is 2.35. The Kier molecular flexibility index (Phi) is 2.95. The number of aromatic amines is 1. The summed E-state index contributed by atoms with van der Waals surface area (Å²) in [5.41, 5.74) is 3.57. The third-order valence-corrected chi connectivity index (χ3v) is 2.78. The molecule has 0 saturated carbocycles. The third-order valence-electron chi connectivity index (χ3n) is 2.78. The van der Waals surface area contributed by atoms with Crippen molar-refractivity contribution in [2.24, 2.45) is 7.05 Å². The molecular weight excluding hydrogens is 218 g/mol. The molecule has 0 aromatic carbocycles. The quantitative estimate of drug-likeness (QED) is 0.828. The first kappa shape index (κ1) is 11.4. The second-order valence-corrected chi connectivity index (χ2v) is 3.98. The van der Waals surface area contributed by atoms with Crippen molar-refractivity contribution in [3.63, 3.8) is 0 Å². The molecule has 0 spiro atoms. The lowest BCUT2D eigenvalue weighted by Crippen LogP contribution is -2.14. The van der Waals surface area contributed by atoms with Crippen molar-refractivity contribution in [1.29, 1.82) is 0 Å². The molecule has 0 aliphatic heterocycles. The van der Waals surface area contributed by atoms with Crippen LogP contribution in [0.3, 0.4) is 0 Å². The molecule has 6 nitrogen and oxygen atoms in total. The molecule has 2 N–H and O–H groups in total. The van der Waals surface area contributed by atoms with Gasteiger partial charge in [-0.05, 0) is 13.8 Å². The van der Waals surface area contributed by atoms with Crippen LogP contribution in [0.15, 0.2) is 12.4 Å². The van der Waals surface area contributed by atoms with Crippen LogP contribution in [0.25, 0.3) is 0 Å². The molecule has 0 aliphatic carbocycles. The molecular formula is C11H15N5O. The number of hydrogen-bond donors (Lipinski definition) is 2. The van der Waals surface area contributed by atoms with Crippen LogP contribution in [0, 0.1) is 13.8 Å². The minimum absolute atomic E-state index is 0.0643. The Hall–Kier alpha value is -2.11. The lowest BCUT2D eigenvalue weighted by molar-refractivity contribution is -0.115. The standard InChI is InChI=1S/C11H15N5O/c1-7-10(8(2)16(3)15-7)4-11(17)14-9-5-12-13-6-9/h5-6H,4H2,1-3H3,(H,12,13)(H,14,17). The number of aryl methyl sites for hydroxylation is 2. The number of H-pyrrole nitrogens is 1. The monoisotopic (exact) mass is 233 g/mol. The predicted molar refractivity (Wildman–Crippen MR) is 63.6 cm³/mol. The first-order valence-corrected chi connectivity index (χ1v) is 5.35. The first-order valence-electron chi connectivity index (χ1n) is 5.35. The minimum Gasteiger partial charge on any atom is -0.323 e. The maximum atomic E-state index is 11.8. The van der Waals surface area contributed by atoms with Gasteiger partial charge in [0.2, 0.25) is 5.91 Å². The summed E-state index contributed by atoms with van der Waals surface area (Å²) in [4.78, 5) is 11.8. The van der Waals surface area contributed by atoms with Crippen molar-refractivity contribution >= 4 is 11.6 Å². The highest BCUT2D eigenvalue weighted by Crippen LogP contribution is 2.13. The minimum atomic E-state index is -0.0643. The molecule has 1 amide bonds. The number of carbonyl (C=O) groups excluding carboxylic acids is 1. The van der Waals surface area contributed by atoms with Crippen LogP contribution in [-0.2, 0) is 18.3 Å². The second-order valence-electron chi connectivity index (χ2n) is 3.98. The number of rotatable bonds is 3. The van der Waals surface area contributed by atoms with Gasteiger partial charge >= 0.3 is 0 Å². The summed E-state index contributed by atoms with van der Waals surface area (Å²) < 4.78 is 1.79. The molecule has 90 valence electrons. The molecule has 0 fully saturated rings. The van der Waals surface area contributed by atoms with E-state index in [9.17, 15) is 4.79 Å². The summed E-state index contributed by atoms with van der Waals surface area (Å²) in [5, 5.41) is 13.5. The van der Waals surface area contributed by atoms with Gasteiger partial charge < -0.3 is 5.32 Å². The van der Waals surface area contributed by atoms with Crippen LogP contribution in [0.5, 0.6) is 0 Å². The van der Waals surface area contributed by atoms with E-state index in [4.69, 9.17) is 0 Å². The van der Waals surface area contributed by atoms with E-state index in [2.05, 4.69) is 20.6 Å². The van der Waals surface area contributed by atoms with E-state index in [0.29, 0.717) is 12.1 Å². The molecule has 0 aliphatic rings. The number of anilines is 1. The highest BCUT2D eigenvalue weighted by Gasteiger charge is 2.13. The maximum absolute atomic E-state index is 11.8. The number of nitrogens with zero attached hydrogens (tertiary/aromatic N) is 3. The molecule has 2 rings (SSSR count). The molecule has 6 heteroatoms. The van der Waals surface area contributed by atoms with E-state index in [1.807, 2.05) is 20.9 Å². The van der Waals surface area contributed by atoms with Crippen LogP contribution in [0.2, 0.25) is 0 Å². The van der Waals surface area contributed by atoms with Crippen LogP contribution >= 0.6 is 0 Å². The van der Waals surface area contributed by atoms with E-state index in [1.54, 1.807) is 17.1 Å². The second kappa shape index (κ2) is 4.40. The van der Waals surface area contributed by atoms with Crippen molar-refractivity contribution < 1.29 is 4.79 Å². The fourth-order valence-electron chi connectivity index (χ4n) is 1.76. The van der Waals surface area contributed by atoms with E-state index >= 15 is 0 Å². The van der Waals surface area contributed by atoms with Gasteiger partial charge in [0.1, 0.15) is 0 Å².